The second-order valence-corrected chi connectivity index (χ2v) is 4.19. The fraction of sp³-hybridized carbons (Fsp3) is 0.462. The van der Waals surface area contributed by atoms with Gasteiger partial charge in [-0.1, -0.05) is 17.7 Å². The molecule has 0 spiro atoms. The van der Waals surface area contributed by atoms with Gasteiger partial charge in [0.25, 0.3) is 0 Å². The van der Waals surface area contributed by atoms with Crippen LogP contribution < -0.4 is 16.2 Å². The van der Waals surface area contributed by atoms with Crippen LogP contribution in [0.3, 0.4) is 0 Å². The second-order valence-electron chi connectivity index (χ2n) is 4.19. The molecule has 0 fully saturated rings. The maximum absolute atomic E-state index is 5.51. The van der Waals surface area contributed by atoms with Crippen molar-refractivity contribution in [2.24, 2.45) is 10.8 Å². The lowest BCUT2D eigenvalue weighted by molar-refractivity contribution is 0.208. The predicted octanol–water partition coefficient (Wildman–Crippen LogP) is 1.21. The van der Waals surface area contributed by atoms with E-state index in [4.69, 9.17) is 10.6 Å². The number of aliphatic imine (C=N–C) groups is 1. The summed E-state index contributed by atoms with van der Waals surface area (Å²) >= 11 is 0. The van der Waals surface area contributed by atoms with Crippen LogP contribution in [0.5, 0.6) is 0 Å². The molecule has 0 saturated carbocycles. The number of hydrogen-bond acceptors (Lipinski definition) is 3. The number of nitrogens with one attached hydrogen (secondary N) is 1. The number of methoxy groups -OCH3 is 1. The molecule has 0 aliphatic heterocycles. The largest absolute Gasteiger partial charge is 0.383 e. The average Bonchev–Trinajstić information content (AvgIpc) is 2.34. The second kappa shape index (κ2) is 6.98. The highest BCUT2D eigenvalue weighted by molar-refractivity contribution is 5.95. The minimum atomic E-state index is 0.575. The number of hydrazine groups is 1. The number of ether oxygens (including phenoxy) is 1. The molecule has 5 nitrogen and oxygen atoms in total. The minimum Gasteiger partial charge on any atom is -0.383 e. The highest BCUT2D eigenvalue weighted by Crippen LogP contribution is 2.19. The molecule has 0 bridgehead atoms. The van der Waals surface area contributed by atoms with Gasteiger partial charge in [-0.3, -0.25) is 5.43 Å². The Labute approximate surface area is 109 Å². The molecule has 0 atom stereocenters. The van der Waals surface area contributed by atoms with Crippen molar-refractivity contribution >= 4 is 11.6 Å². The lowest BCUT2D eigenvalue weighted by atomic mass is 10.1. The van der Waals surface area contributed by atoms with Crippen LogP contribution in [-0.2, 0) is 4.74 Å². The number of nitrogens with zero attached hydrogens (tertiary/aromatic N) is 2. The Morgan fingerprint density at radius 1 is 1.44 bits per heavy atom. The van der Waals surface area contributed by atoms with Crippen LogP contribution >= 0.6 is 0 Å². The van der Waals surface area contributed by atoms with Crippen LogP contribution in [0.2, 0.25) is 0 Å². The topological polar surface area (TPSA) is 62.9 Å². The first-order valence-electron chi connectivity index (χ1n) is 5.91. The van der Waals surface area contributed by atoms with Crippen molar-refractivity contribution in [3.05, 3.63) is 29.3 Å². The zero-order chi connectivity index (χ0) is 13.5. The molecule has 3 N–H and O–H groups in total. The molecule has 0 saturated heterocycles. The highest BCUT2D eigenvalue weighted by Gasteiger charge is 2.09. The number of benzene rings is 1. The SMILES string of the molecule is COCCN=C(NN)N(C)c1ccc(C)cc1C. The highest BCUT2D eigenvalue weighted by atomic mass is 16.5. The molecule has 0 aliphatic rings. The molecular weight excluding hydrogens is 228 g/mol. The number of anilines is 1. The number of hydrogen-bond donors (Lipinski definition) is 2. The van der Waals surface area contributed by atoms with Gasteiger partial charge >= 0.3 is 0 Å². The van der Waals surface area contributed by atoms with Gasteiger partial charge < -0.3 is 9.64 Å². The van der Waals surface area contributed by atoms with Crippen LogP contribution in [0.1, 0.15) is 11.1 Å². The molecule has 100 valence electrons. The third kappa shape index (κ3) is 3.72. The Bertz CT molecular complexity index is 417. The van der Waals surface area contributed by atoms with Crippen molar-refractivity contribution in [2.45, 2.75) is 13.8 Å². The van der Waals surface area contributed by atoms with Crippen LogP contribution in [0.15, 0.2) is 23.2 Å². The quantitative estimate of drug-likeness (QED) is 0.277. The van der Waals surface area contributed by atoms with E-state index in [1.165, 1.54) is 11.1 Å². The first kappa shape index (κ1) is 14.5. The lowest BCUT2D eigenvalue weighted by Crippen LogP contribution is -2.43. The zero-order valence-corrected chi connectivity index (χ0v) is 11.5. The molecule has 0 aliphatic carbocycles. The van der Waals surface area contributed by atoms with Gasteiger partial charge in [0.15, 0.2) is 0 Å². The van der Waals surface area contributed by atoms with Gasteiger partial charge in [-0.25, -0.2) is 10.8 Å². The van der Waals surface area contributed by atoms with E-state index in [0.29, 0.717) is 19.1 Å². The van der Waals surface area contributed by atoms with E-state index in [1.54, 1.807) is 7.11 Å². The Kier molecular flexibility index (Phi) is 5.61. The maximum Gasteiger partial charge on any atom is 0.212 e. The zero-order valence-electron chi connectivity index (χ0n) is 11.5. The van der Waals surface area contributed by atoms with Gasteiger partial charge in [-0.15, -0.1) is 0 Å². The smallest absolute Gasteiger partial charge is 0.212 e. The first-order valence-corrected chi connectivity index (χ1v) is 5.91. The van der Waals surface area contributed by atoms with E-state index in [0.717, 1.165) is 5.69 Å². The summed E-state index contributed by atoms with van der Waals surface area (Å²) < 4.78 is 4.97. The van der Waals surface area contributed by atoms with Gasteiger partial charge in [-0.2, -0.15) is 0 Å². The summed E-state index contributed by atoms with van der Waals surface area (Å²) in [6.45, 7) is 5.30. The maximum atomic E-state index is 5.51. The summed E-state index contributed by atoms with van der Waals surface area (Å²) in [5.41, 5.74) is 6.13. The van der Waals surface area contributed by atoms with Crippen LogP contribution in [-0.4, -0.2) is 33.3 Å². The van der Waals surface area contributed by atoms with Crippen molar-refractivity contribution in [3.63, 3.8) is 0 Å². The molecule has 0 heterocycles. The molecule has 1 aromatic carbocycles. The van der Waals surface area contributed by atoms with E-state index in [1.807, 2.05) is 11.9 Å². The van der Waals surface area contributed by atoms with Gasteiger partial charge in [0.1, 0.15) is 0 Å². The van der Waals surface area contributed by atoms with Gasteiger partial charge in [-0.05, 0) is 25.5 Å². The van der Waals surface area contributed by atoms with Crippen molar-refractivity contribution < 1.29 is 4.74 Å². The summed E-state index contributed by atoms with van der Waals surface area (Å²) in [5, 5.41) is 0. The molecule has 0 aromatic heterocycles. The average molecular weight is 250 g/mol. The number of guanidine groups is 1. The van der Waals surface area contributed by atoms with Gasteiger partial charge in [0.05, 0.1) is 13.2 Å². The fourth-order valence-corrected chi connectivity index (χ4v) is 1.79. The fourth-order valence-electron chi connectivity index (χ4n) is 1.79. The molecule has 0 unspecified atom stereocenters. The van der Waals surface area contributed by atoms with E-state index in [9.17, 15) is 0 Å². The number of aryl methyl sites for hydroxylation is 2. The Morgan fingerprint density at radius 3 is 2.72 bits per heavy atom. The van der Waals surface area contributed by atoms with Gasteiger partial charge in [0, 0.05) is 19.8 Å². The minimum absolute atomic E-state index is 0.575. The Balaban J connectivity index is 2.89. The standard InChI is InChI=1S/C13H22N4O/c1-10-5-6-12(11(2)9-10)17(3)13(16-14)15-7-8-18-4/h5-6,9H,7-8,14H2,1-4H3,(H,15,16). The summed E-state index contributed by atoms with van der Waals surface area (Å²) in [7, 11) is 3.59. The summed E-state index contributed by atoms with van der Waals surface area (Å²) in [4.78, 5) is 6.29. The predicted molar refractivity (Wildman–Crippen MR) is 75.8 cm³/mol. The third-order valence-electron chi connectivity index (χ3n) is 2.72. The molecular formula is C13H22N4O. The van der Waals surface area contributed by atoms with Crippen molar-refractivity contribution in [1.82, 2.24) is 5.43 Å². The monoisotopic (exact) mass is 250 g/mol. The van der Waals surface area contributed by atoms with E-state index < -0.39 is 0 Å². The molecule has 1 aromatic rings. The van der Waals surface area contributed by atoms with E-state index in [2.05, 4.69) is 42.5 Å². The molecule has 18 heavy (non-hydrogen) atoms. The van der Waals surface area contributed by atoms with Crippen molar-refractivity contribution in [3.8, 4) is 0 Å². The Hall–Kier alpha value is -1.59. The normalized spacial score (nSPS) is 11.5. The summed E-state index contributed by atoms with van der Waals surface area (Å²) in [6.07, 6.45) is 0. The van der Waals surface area contributed by atoms with E-state index in [-0.39, 0.29) is 0 Å². The van der Waals surface area contributed by atoms with Crippen LogP contribution in [0.25, 0.3) is 0 Å². The van der Waals surface area contributed by atoms with Crippen LogP contribution in [0.4, 0.5) is 5.69 Å². The molecule has 0 amide bonds. The Morgan fingerprint density at radius 2 is 2.17 bits per heavy atom. The van der Waals surface area contributed by atoms with E-state index >= 15 is 0 Å². The summed E-state index contributed by atoms with van der Waals surface area (Å²) in [5.74, 6) is 6.13. The molecule has 1 rings (SSSR count). The molecule has 0 radical (unpaired) electrons. The number of nitrogens with two attached hydrogens (primary N) is 1. The molecule has 5 heteroatoms. The van der Waals surface area contributed by atoms with Crippen molar-refractivity contribution in [1.29, 1.82) is 0 Å². The summed E-state index contributed by atoms with van der Waals surface area (Å²) in [6, 6.07) is 6.27. The first-order chi connectivity index (χ1) is 8.60. The van der Waals surface area contributed by atoms with Crippen LogP contribution in [0, 0.1) is 13.8 Å². The van der Waals surface area contributed by atoms with Gasteiger partial charge in [0.2, 0.25) is 5.96 Å². The third-order valence-corrected chi connectivity index (χ3v) is 2.72. The number of rotatable bonds is 4. The lowest BCUT2D eigenvalue weighted by Gasteiger charge is -2.22. The van der Waals surface area contributed by atoms with Crippen molar-refractivity contribution in [2.75, 3.05) is 32.2 Å².